The van der Waals surface area contributed by atoms with Gasteiger partial charge in [0.15, 0.2) is 5.17 Å². The number of rotatable bonds is 3. The van der Waals surface area contributed by atoms with Crippen molar-refractivity contribution in [1.82, 2.24) is 5.32 Å². The summed E-state index contributed by atoms with van der Waals surface area (Å²) in [4.78, 5) is 9.69. The molecule has 0 aromatic rings. The largest absolute Gasteiger partial charge is 0.308 e. The summed E-state index contributed by atoms with van der Waals surface area (Å²) < 4.78 is 0. The van der Waals surface area contributed by atoms with E-state index in [-0.39, 0.29) is 5.17 Å². The summed E-state index contributed by atoms with van der Waals surface area (Å²) in [5.74, 6) is 0.652. The highest BCUT2D eigenvalue weighted by molar-refractivity contribution is 8.13. The summed E-state index contributed by atoms with van der Waals surface area (Å²) >= 11 is 1.22. The fraction of sp³-hybridized carbons (Fsp3) is 0.200. The topological polar surface area (TPSA) is 53.0 Å². The molecule has 0 unspecified atom stereocenters. The first-order valence-corrected chi connectivity index (χ1v) is 3.32. The van der Waals surface area contributed by atoms with Crippen LogP contribution in [0.5, 0.6) is 0 Å². The van der Waals surface area contributed by atoms with Crippen LogP contribution >= 0.6 is 11.8 Å². The molecule has 50 valence electrons. The Morgan fingerprint density at radius 2 is 2.56 bits per heavy atom. The zero-order valence-electron chi connectivity index (χ0n) is 4.89. The van der Waals surface area contributed by atoms with Crippen LogP contribution in [0.3, 0.4) is 0 Å². The van der Waals surface area contributed by atoms with Crippen LogP contribution in [0.1, 0.15) is 0 Å². The van der Waals surface area contributed by atoms with E-state index < -0.39 is 0 Å². The molecule has 2 N–H and O–H groups in total. The number of thioether (sulfide) groups is 1. The quantitative estimate of drug-likeness (QED) is 0.263. The van der Waals surface area contributed by atoms with Gasteiger partial charge in [0, 0.05) is 5.75 Å². The monoisotopic (exact) mass is 144 g/mol. The fourth-order valence-electron chi connectivity index (χ4n) is 0.237. The predicted octanol–water partition coefficient (Wildman–Crippen LogP) is 0.586. The summed E-state index contributed by atoms with van der Waals surface area (Å²) in [6.07, 6.45) is 2.16. The number of carbonyl (C=O) groups is 1. The fourth-order valence-corrected chi connectivity index (χ4v) is 0.653. The Balaban J connectivity index is 3.26. The minimum atomic E-state index is 0.157. The zero-order chi connectivity index (χ0) is 7.11. The van der Waals surface area contributed by atoms with Crippen molar-refractivity contribution < 1.29 is 4.79 Å². The van der Waals surface area contributed by atoms with Crippen molar-refractivity contribution in [3.05, 3.63) is 12.7 Å². The SMILES string of the molecule is C=CCSC(=N)NC=O. The third-order valence-corrected chi connectivity index (χ3v) is 1.34. The second kappa shape index (κ2) is 5.37. The first kappa shape index (κ1) is 8.23. The normalized spacial score (nSPS) is 8.00. The molecule has 0 saturated heterocycles. The van der Waals surface area contributed by atoms with Crippen LogP contribution in [0, 0.1) is 5.41 Å². The van der Waals surface area contributed by atoms with Gasteiger partial charge in [-0.05, 0) is 0 Å². The van der Waals surface area contributed by atoms with Crippen molar-refractivity contribution in [3.63, 3.8) is 0 Å². The molecule has 3 nitrogen and oxygen atoms in total. The van der Waals surface area contributed by atoms with Gasteiger partial charge in [0.2, 0.25) is 6.41 Å². The number of hydrogen-bond acceptors (Lipinski definition) is 3. The minimum Gasteiger partial charge on any atom is -0.308 e. The highest BCUT2D eigenvalue weighted by Crippen LogP contribution is 1.97. The van der Waals surface area contributed by atoms with Crippen molar-refractivity contribution in [2.45, 2.75) is 0 Å². The van der Waals surface area contributed by atoms with Gasteiger partial charge < -0.3 is 5.32 Å². The Labute approximate surface area is 58.0 Å². The Morgan fingerprint density at radius 1 is 1.89 bits per heavy atom. The molecule has 0 fully saturated rings. The lowest BCUT2D eigenvalue weighted by Crippen LogP contribution is -2.16. The van der Waals surface area contributed by atoms with Crippen molar-refractivity contribution in [3.8, 4) is 0 Å². The zero-order valence-corrected chi connectivity index (χ0v) is 5.70. The predicted molar refractivity (Wildman–Crippen MR) is 39.6 cm³/mol. The molecule has 0 saturated carbocycles. The van der Waals surface area contributed by atoms with Gasteiger partial charge in [-0.2, -0.15) is 0 Å². The molecular weight excluding hydrogens is 136 g/mol. The lowest BCUT2D eigenvalue weighted by Gasteiger charge is -1.95. The van der Waals surface area contributed by atoms with Crippen molar-refractivity contribution in [2.75, 3.05) is 5.75 Å². The molecule has 0 aromatic carbocycles. The second-order valence-electron chi connectivity index (χ2n) is 1.19. The summed E-state index contributed by atoms with van der Waals surface area (Å²) in [5.41, 5.74) is 0. The smallest absolute Gasteiger partial charge is 0.213 e. The third kappa shape index (κ3) is 5.10. The number of amidine groups is 1. The molecule has 0 spiro atoms. The minimum absolute atomic E-state index is 0.157. The van der Waals surface area contributed by atoms with E-state index in [1.807, 2.05) is 0 Å². The van der Waals surface area contributed by atoms with Gasteiger partial charge in [0.05, 0.1) is 0 Å². The van der Waals surface area contributed by atoms with Crippen LogP contribution in [-0.2, 0) is 4.79 Å². The van der Waals surface area contributed by atoms with E-state index in [9.17, 15) is 4.79 Å². The molecular formula is C5H8N2OS. The number of amides is 1. The van der Waals surface area contributed by atoms with Crippen LogP contribution in [0.4, 0.5) is 0 Å². The maximum atomic E-state index is 9.69. The van der Waals surface area contributed by atoms with Gasteiger partial charge in [-0.25, -0.2) is 0 Å². The van der Waals surface area contributed by atoms with Gasteiger partial charge >= 0.3 is 0 Å². The Hall–Kier alpha value is -0.770. The summed E-state index contributed by atoms with van der Waals surface area (Å²) in [7, 11) is 0. The molecule has 0 radical (unpaired) electrons. The highest BCUT2D eigenvalue weighted by atomic mass is 32.2. The molecule has 0 atom stereocenters. The molecule has 0 rings (SSSR count). The Bertz CT molecular complexity index is 124. The number of nitrogens with one attached hydrogen (secondary N) is 2. The highest BCUT2D eigenvalue weighted by Gasteiger charge is 1.89. The van der Waals surface area contributed by atoms with Crippen LogP contribution in [0.2, 0.25) is 0 Å². The molecule has 0 aromatic heterocycles. The van der Waals surface area contributed by atoms with Crippen molar-refractivity contribution in [1.29, 1.82) is 5.41 Å². The molecule has 0 aliphatic carbocycles. The standard InChI is InChI=1S/C5H8N2OS/c1-2-3-9-5(6)7-4-8/h2,4H,1,3H2,(H2,6,7,8). The molecule has 9 heavy (non-hydrogen) atoms. The van der Waals surface area contributed by atoms with E-state index >= 15 is 0 Å². The molecule has 1 amide bonds. The molecule has 0 aliphatic heterocycles. The Kier molecular flexibility index (Phi) is 4.91. The van der Waals surface area contributed by atoms with Crippen molar-refractivity contribution in [2.24, 2.45) is 0 Å². The van der Waals surface area contributed by atoms with E-state index in [2.05, 4.69) is 11.9 Å². The maximum absolute atomic E-state index is 9.69. The first-order valence-electron chi connectivity index (χ1n) is 2.33. The van der Waals surface area contributed by atoms with E-state index in [4.69, 9.17) is 5.41 Å². The lowest BCUT2D eigenvalue weighted by molar-refractivity contribution is -0.108. The molecule has 4 heteroatoms. The first-order chi connectivity index (χ1) is 4.31. The van der Waals surface area contributed by atoms with E-state index in [1.54, 1.807) is 6.08 Å². The Morgan fingerprint density at radius 3 is 3.00 bits per heavy atom. The van der Waals surface area contributed by atoms with Gasteiger partial charge in [-0.3, -0.25) is 10.2 Å². The van der Waals surface area contributed by atoms with Gasteiger partial charge in [-0.15, -0.1) is 6.58 Å². The van der Waals surface area contributed by atoms with Gasteiger partial charge in [-0.1, -0.05) is 17.8 Å². The number of carbonyl (C=O) groups excluding carboxylic acids is 1. The van der Waals surface area contributed by atoms with Crippen LogP contribution in [-0.4, -0.2) is 17.3 Å². The average Bonchev–Trinajstić information content (AvgIpc) is 1.85. The van der Waals surface area contributed by atoms with Crippen LogP contribution in [0.15, 0.2) is 12.7 Å². The summed E-state index contributed by atoms with van der Waals surface area (Å²) in [5, 5.41) is 9.32. The van der Waals surface area contributed by atoms with E-state index in [1.165, 1.54) is 11.8 Å². The van der Waals surface area contributed by atoms with Gasteiger partial charge in [0.1, 0.15) is 0 Å². The third-order valence-electron chi connectivity index (χ3n) is 0.536. The van der Waals surface area contributed by atoms with Crippen LogP contribution < -0.4 is 5.32 Å². The van der Waals surface area contributed by atoms with E-state index in [0.717, 1.165) is 0 Å². The van der Waals surface area contributed by atoms with Crippen LogP contribution in [0.25, 0.3) is 0 Å². The van der Waals surface area contributed by atoms with Gasteiger partial charge in [0.25, 0.3) is 0 Å². The van der Waals surface area contributed by atoms with Crippen molar-refractivity contribution >= 4 is 23.3 Å². The maximum Gasteiger partial charge on any atom is 0.213 e. The number of hydrogen-bond donors (Lipinski definition) is 2. The summed E-state index contributed by atoms with van der Waals surface area (Å²) in [6, 6.07) is 0. The molecule has 0 heterocycles. The average molecular weight is 144 g/mol. The van der Waals surface area contributed by atoms with E-state index in [0.29, 0.717) is 12.2 Å². The lowest BCUT2D eigenvalue weighted by atomic mass is 10.8. The second-order valence-corrected chi connectivity index (χ2v) is 2.22. The molecule has 0 bridgehead atoms. The molecule has 0 aliphatic rings. The summed E-state index contributed by atoms with van der Waals surface area (Å²) in [6.45, 7) is 3.46.